The Hall–Kier alpha value is -1.96. The van der Waals surface area contributed by atoms with Gasteiger partial charge in [-0.2, -0.15) is 0 Å². The Morgan fingerprint density at radius 2 is 2.08 bits per heavy atom. The highest BCUT2D eigenvalue weighted by atomic mass is 32.1. The molecule has 0 aliphatic heterocycles. The number of aliphatic hydroxyl groups is 1. The molecule has 7 heteroatoms. The van der Waals surface area contributed by atoms with Gasteiger partial charge in [-0.25, -0.2) is 4.98 Å². The first-order chi connectivity index (χ1) is 11.5. The molecule has 1 aromatic heterocycles. The Morgan fingerprint density at radius 1 is 1.38 bits per heavy atom. The molecule has 2 unspecified atom stereocenters. The number of aliphatic hydroxyl groups excluding tert-OH is 1. The highest BCUT2D eigenvalue weighted by molar-refractivity contribution is 7.09. The zero-order valence-corrected chi connectivity index (χ0v) is 14.7. The summed E-state index contributed by atoms with van der Waals surface area (Å²) in [5.41, 5.74) is 6.91. The number of aryl methyl sites for hydroxylation is 1. The standard InChI is InChI=1S/C17H23N3O3S/c1-11(7-19-8-16(21)15-10-24-12(2)20-15)13-3-5-14(6-4-13)23-9-17(18)22/h3-6,10-11,16,19,21H,7-9H2,1-2H3,(H2,18,22). The van der Waals surface area contributed by atoms with Gasteiger partial charge in [-0.15, -0.1) is 11.3 Å². The molecule has 2 aromatic rings. The van der Waals surface area contributed by atoms with Gasteiger partial charge in [0.05, 0.1) is 10.7 Å². The van der Waals surface area contributed by atoms with E-state index in [1.807, 2.05) is 36.6 Å². The van der Waals surface area contributed by atoms with Crippen molar-refractivity contribution in [2.45, 2.75) is 25.9 Å². The highest BCUT2D eigenvalue weighted by Crippen LogP contribution is 2.19. The number of amides is 1. The van der Waals surface area contributed by atoms with Gasteiger partial charge in [0.15, 0.2) is 6.61 Å². The van der Waals surface area contributed by atoms with Crippen LogP contribution in [0.1, 0.15) is 35.2 Å². The Bertz CT molecular complexity index is 657. The lowest BCUT2D eigenvalue weighted by molar-refractivity contribution is -0.119. The number of aromatic nitrogens is 1. The van der Waals surface area contributed by atoms with Crippen LogP contribution in [0.25, 0.3) is 0 Å². The topological polar surface area (TPSA) is 97.5 Å². The third-order valence-corrected chi connectivity index (χ3v) is 4.39. The van der Waals surface area contributed by atoms with E-state index in [9.17, 15) is 9.90 Å². The van der Waals surface area contributed by atoms with Crippen LogP contribution in [0.4, 0.5) is 0 Å². The van der Waals surface area contributed by atoms with E-state index in [1.54, 1.807) is 0 Å². The minimum absolute atomic E-state index is 0.121. The van der Waals surface area contributed by atoms with Gasteiger partial charge in [0.2, 0.25) is 0 Å². The Kier molecular flexibility index (Phi) is 6.72. The van der Waals surface area contributed by atoms with Crippen molar-refractivity contribution in [3.8, 4) is 5.75 Å². The number of carbonyl (C=O) groups excluding carboxylic acids is 1. The number of nitrogens with two attached hydrogens (primary N) is 1. The molecule has 0 bridgehead atoms. The van der Waals surface area contributed by atoms with Gasteiger partial charge >= 0.3 is 0 Å². The predicted molar refractivity (Wildman–Crippen MR) is 94.2 cm³/mol. The number of carbonyl (C=O) groups is 1. The van der Waals surface area contributed by atoms with Crippen LogP contribution in [0.15, 0.2) is 29.6 Å². The van der Waals surface area contributed by atoms with Crippen molar-refractivity contribution >= 4 is 17.2 Å². The van der Waals surface area contributed by atoms with E-state index in [4.69, 9.17) is 10.5 Å². The molecule has 0 radical (unpaired) electrons. The largest absolute Gasteiger partial charge is 0.484 e. The molecule has 6 nitrogen and oxygen atoms in total. The number of primary amides is 1. The number of benzene rings is 1. The SMILES string of the molecule is Cc1nc(C(O)CNCC(C)c2ccc(OCC(N)=O)cc2)cs1. The Morgan fingerprint density at radius 3 is 2.67 bits per heavy atom. The summed E-state index contributed by atoms with van der Waals surface area (Å²) in [6, 6.07) is 7.56. The van der Waals surface area contributed by atoms with E-state index in [0.717, 1.165) is 17.1 Å². The van der Waals surface area contributed by atoms with E-state index in [-0.39, 0.29) is 12.5 Å². The number of thiazole rings is 1. The third kappa shape index (κ3) is 5.59. The zero-order chi connectivity index (χ0) is 17.5. The molecule has 24 heavy (non-hydrogen) atoms. The van der Waals surface area contributed by atoms with Gasteiger partial charge in [-0.05, 0) is 30.5 Å². The fourth-order valence-electron chi connectivity index (χ4n) is 2.24. The van der Waals surface area contributed by atoms with Crippen LogP contribution >= 0.6 is 11.3 Å². The maximum absolute atomic E-state index is 10.7. The van der Waals surface area contributed by atoms with Crippen molar-refractivity contribution in [1.29, 1.82) is 0 Å². The first-order valence-electron chi connectivity index (χ1n) is 7.77. The van der Waals surface area contributed by atoms with E-state index in [2.05, 4.69) is 17.2 Å². The first kappa shape index (κ1) is 18.4. The molecule has 1 amide bonds. The molecule has 0 aliphatic carbocycles. The van der Waals surface area contributed by atoms with Gasteiger partial charge in [-0.1, -0.05) is 19.1 Å². The molecular weight excluding hydrogens is 326 g/mol. The summed E-state index contributed by atoms with van der Waals surface area (Å²) in [5, 5.41) is 16.2. The fourth-order valence-corrected chi connectivity index (χ4v) is 2.90. The minimum Gasteiger partial charge on any atom is -0.484 e. The first-order valence-corrected chi connectivity index (χ1v) is 8.65. The van der Waals surface area contributed by atoms with Crippen molar-refractivity contribution in [3.05, 3.63) is 45.9 Å². The summed E-state index contributed by atoms with van der Waals surface area (Å²) < 4.78 is 5.24. The van der Waals surface area contributed by atoms with Crippen LogP contribution in [0.2, 0.25) is 0 Å². The van der Waals surface area contributed by atoms with Crippen molar-refractivity contribution < 1.29 is 14.6 Å². The van der Waals surface area contributed by atoms with Gasteiger partial charge in [0.25, 0.3) is 5.91 Å². The Balaban J connectivity index is 1.77. The molecule has 2 rings (SSSR count). The molecular formula is C17H23N3O3S. The number of nitrogens with zero attached hydrogens (tertiary/aromatic N) is 1. The van der Waals surface area contributed by atoms with Crippen LogP contribution in [0.5, 0.6) is 5.75 Å². The summed E-state index contributed by atoms with van der Waals surface area (Å²) >= 11 is 1.54. The molecule has 1 aromatic carbocycles. The average Bonchev–Trinajstić information content (AvgIpc) is 2.99. The molecule has 130 valence electrons. The summed E-state index contributed by atoms with van der Waals surface area (Å²) in [6.45, 7) is 5.11. The molecule has 2 atom stereocenters. The Labute approximate surface area is 145 Å². The maximum atomic E-state index is 10.7. The lowest BCUT2D eigenvalue weighted by Gasteiger charge is -2.15. The van der Waals surface area contributed by atoms with E-state index < -0.39 is 12.0 Å². The van der Waals surface area contributed by atoms with Gasteiger partial charge in [0, 0.05) is 18.5 Å². The summed E-state index contributed by atoms with van der Waals surface area (Å²) in [4.78, 5) is 15.0. The second-order valence-corrected chi connectivity index (χ2v) is 6.75. The van der Waals surface area contributed by atoms with Gasteiger partial charge in [-0.3, -0.25) is 4.79 Å². The molecule has 0 saturated carbocycles. The predicted octanol–water partition coefficient (Wildman–Crippen LogP) is 1.74. The highest BCUT2D eigenvalue weighted by Gasteiger charge is 2.12. The summed E-state index contributed by atoms with van der Waals surface area (Å²) in [6.07, 6.45) is -0.591. The van der Waals surface area contributed by atoms with Crippen LogP contribution in [-0.4, -0.2) is 35.7 Å². The normalized spacial score (nSPS) is 13.5. The lowest BCUT2D eigenvalue weighted by Crippen LogP contribution is -2.25. The van der Waals surface area contributed by atoms with Crippen molar-refractivity contribution in [2.24, 2.45) is 5.73 Å². The molecule has 0 saturated heterocycles. The smallest absolute Gasteiger partial charge is 0.255 e. The van der Waals surface area contributed by atoms with Gasteiger partial charge < -0.3 is 20.9 Å². The van der Waals surface area contributed by atoms with Crippen molar-refractivity contribution in [2.75, 3.05) is 19.7 Å². The van der Waals surface area contributed by atoms with Crippen LogP contribution in [0, 0.1) is 6.92 Å². The number of ether oxygens (including phenoxy) is 1. The lowest BCUT2D eigenvalue weighted by atomic mass is 10.0. The van der Waals surface area contributed by atoms with Crippen LogP contribution in [0.3, 0.4) is 0 Å². The summed E-state index contributed by atoms with van der Waals surface area (Å²) in [7, 11) is 0. The molecule has 0 aliphatic rings. The average molecular weight is 349 g/mol. The third-order valence-electron chi connectivity index (χ3n) is 3.60. The molecule has 4 N–H and O–H groups in total. The monoisotopic (exact) mass is 349 g/mol. The van der Waals surface area contributed by atoms with Crippen molar-refractivity contribution in [3.63, 3.8) is 0 Å². The number of rotatable bonds is 9. The van der Waals surface area contributed by atoms with E-state index >= 15 is 0 Å². The minimum atomic E-state index is -0.591. The van der Waals surface area contributed by atoms with Gasteiger partial charge in [0.1, 0.15) is 11.9 Å². The number of hydrogen-bond acceptors (Lipinski definition) is 6. The van der Waals surface area contributed by atoms with E-state index in [1.165, 1.54) is 11.3 Å². The maximum Gasteiger partial charge on any atom is 0.255 e. The summed E-state index contributed by atoms with van der Waals surface area (Å²) in [5.74, 6) is 0.400. The van der Waals surface area contributed by atoms with Crippen LogP contribution in [-0.2, 0) is 4.79 Å². The molecule has 1 heterocycles. The number of hydrogen-bond donors (Lipinski definition) is 3. The second kappa shape index (κ2) is 8.77. The van der Waals surface area contributed by atoms with E-state index in [0.29, 0.717) is 18.0 Å². The van der Waals surface area contributed by atoms with Crippen molar-refractivity contribution in [1.82, 2.24) is 10.3 Å². The molecule has 0 spiro atoms. The second-order valence-electron chi connectivity index (χ2n) is 5.69. The number of nitrogens with one attached hydrogen (secondary N) is 1. The quantitative estimate of drug-likeness (QED) is 0.641. The molecule has 0 fully saturated rings. The van der Waals surface area contributed by atoms with Crippen LogP contribution < -0.4 is 15.8 Å². The zero-order valence-electron chi connectivity index (χ0n) is 13.9. The fraction of sp³-hybridized carbons (Fsp3) is 0.412.